The molecular weight excluding hydrogens is 244 g/mol. The lowest BCUT2D eigenvalue weighted by molar-refractivity contribution is 0.242. The Morgan fingerprint density at radius 2 is 2.06 bits per heavy atom. The van der Waals surface area contributed by atoms with Crippen LogP contribution in [-0.2, 0) is 0 Å². The van der Waals surface area contributed by atoms with E-state index in [-0.39, 0.29) is 12.1 Å². The van der Waals surface area contributed by atoms with Crippen LogP contribution in [0.3, 0.4) is 0 Å². The van der Waals surface area contributed by atoms with E-state index in [9.17, 15) is 0 Å². The molecule has 4 heteroatoms. The minimum absolute atomic E-state index is 0.00645. The van der Waals surface area contributed by atoms with Crippen molar-refractivity contribution in [3.05, 3.63) is 52.2 Å². The molecule has 0 aliphatic carbocycles. The average molecular weight is 262 g/mol. The normalized spacial score (nSPS) is 12.7. The minimum atomic E-state index is 0.00645. The van der Waals surface area contributed by atoms with Gasteiger partial charge >= 0.3 is 0 Å². The Bertz CT molecular complexity index is 482. The third-order valence-corrected chi connectivity index (χ3v) is 3.31. The fourth-order valence-electron chi connectivity index (χ4n) is 1.86. The molecule has 18 heavy (non-hydrogen) atoms. The summed E-state index contributed by atoms with van der Waals surface area (Å²) in [7, 11) is 0. The molecule has 3 nitrogen and oxygen atoms in total. The van der Waals surface area contributed by atoms with E-state index in [1.165, 1.54) is 5.56 Å². The molecule has 1 heterocycles. The molecule has 0 saturated carbocycles. The summed E-state index contributed by atoms with van der Waals surface area (Å²) in [6.07, 6.45) is 0.172. The van der Waals surface area contributed by atoms with Crippen molar-refractivity contribution in [2.24, 2.45) is 5.84 Å². The van der Waals surface area contributed by atoms with Gasteiger partial charge in [-0.3, -0.25) is 5.84 Å². The van der Waals surface area contributed by atoms with E-state index in [0.29, 0.717) is 0 Å². The van der Waals surface area contributed by atoms with Gasteiger partial charge in [0.1, 0.15) is 5.75 Å². The van der Waals surface area contributed by atoms with Gasteiger partial charge in [0, 0.05) is 0 Å². The van der Waals surface area contributed by atoms with Crippen molar-refractivity contribution >= 4 is 11.3 Å². The maximum absolute atomic E-state index is 5.70. The highest BCUT2D eigenvalue weighted by atomic mass is 32.1. The first-order valence-corrected chi connectivity index (χ1v) is 6.90. The molecule has 0 fully saturated rings. The standard InChI is InChI=1S/C14H18N2OS/c1-10(2)17-13-5-3-4-11(8-13)14(16-15)12-6-7-18-9-12/h3-10,14,16H,15H2,1-2H3. The smallest absolute Gasteiger partial charge is 0.120 e. The van der Waals surface area contributed by atoms with Gasteiger partial charge < -0.3 is 4.74 Å². The Labute approximate surface area is 112 Å². The van der Waals surface area contributed by atoms with Gasteiger partial charge in [-0.25, -0.2) is 5.43 Å². The van der Waals surface area contributed by atoms with Crippen molar-refractivity contribution in [1.82, 2.24) is 5.43 Å². The van der Waals surface area contributed by atoms with E-state index in [4.69, 9.17) is 10.6 Å². The predicted molar refractivity (Wildman–Crippen MR) is 75.7 cm³/mol. The van der Waals surface area contributed by atoms with E-state index >= 15 is 0 Å². The molecule has 1 atom stereocenters. The highest BCUT2D eigenvalue weighted by Crippen LogP contribution is 2.26. The fraction of sp³-hybridized carbons (Fsp3) is 0.286. The predicted octanol–water partition coefficient (Wildman–Crippen LogP) is 3.09. The lowest BCUT2D eigenvalue weighted by Crippen LogP contribution is -2.28. The van der Waals surface area contributed by atoms with Crippen LogP contribution >= 0.6 is 11.3 Å². The lowest BCUT2D eigenvalue weighted by Gasteiger charge is -2.17. The van der Waals surface area contributed by atoms with E-state index in [1.807, 2.05) is 37.4 Å². The van der Waals surface area contributed by atoms with Crippen molar-refractivity contribution in [1.29, 1.82) is 0 Å². The molecule has 1 unspecified atom stereocenters. The monoisotopic (exact) mass is 262 g/mol. The molecule has 1 aromatic carbocycles. The summed E-state index contributed by atoms with van der Waals surface area (Å²) in [4.78, 5) is 0. The third-order valence-electron chi connectivity index (χ3n) is 2.61. The van der Waals surface area contributed by atoms with Crippen LogP contribution in [0.15, 0.2) is 41.1 Å². The molecule has 0 radical (unpaired) electrons. The van der Waals surface area contributed by atoms with Gasteiger partial charge in [0.2, 0.25) is 0 Å². The summed E-state index contributed by atoms with van der Waals surface area (Å²) in [5.41, 5.74) is 5.13. The molecule has 1 aromatic heterocycles. The van der Waals surface area contributed by atoms with E-state index in [2.05, 4.69) is 22.9 Å². The fourth-order valence-corrected chi connectivity index (χ4v) is 2.55. The number of nitrogens with one attached hydrogen (secondary N) is 1. The Hall–Kier alpha value is -1.36. The van der Waals surface area contributed by atoms with Crippen LogP contribution in [0.2, 0.25) is 0 Å². The Balaban J connectivity index is 2.26. The SMILES string of the molecule is CC(C)Oc1cccc(C(NN)c2ccsc2)c1. The number of rotatable bonds is 5. The molecule has 96 valence electrons. The molecule has 0 saturated heterocycles. The van der Waals surface area contributed by atoms with Gasteiger partial charge in [-0.2, -0.15) is 11.3 Å². The Morgan fingerprint density at radius 3 is 2.67 bits per heavy atom. The number of nitrogens with two attached hydrogens (primary N) is 1. The van der Waals surface area contributed by atoms with Crippen LogP contribution in [0.5, 0.6) is 5.75 Å². The highest BCUT2D eigenvalue weighted by Gasteiger charge is 2.13. The summed E-state index contributed by atoms with van der Waals surface area (Å²) in [5, 5.41) is 4.15. The average Bonchev–Trinajstić information content (AvgIpc) is 2.83. The molecule has 0 amide bonds. The second-order valence-corrected chi connectivity index (χ2v) is 5.18. The van der Waals surface area contributed by atoms with Gasteiger partial charge in [-0.05, 0) is 53.9 Å². The van der Waals surface area contributed by atoms with Gasteiger partial charge in [0.25, 0.3) is 0 Å². The summed E-state index contributed by atoms with van der Waals surface area (Å²) in [5.74, 6) is 6.53. The second kappa shape index (κ2) is 6.00. The molecule has 2 rings (SSSR count). The first-order chi connectivity index (χ1) is 8.70. The first kappa shape index (κ1) is 13.1. The van der Waals surface area contributed by atoms with Crippen LogP contribution < -0.4 is 16.0 Å². The Morgan fingerprint density at radius 1 is 1.22 bits per heavy atom. The van der Waals surface area contributed by atoms with Crippen molar-refractivity contribution in [2.75, 3.05) is 0 Å². The number of benzene rings is 1. The van der Waals surface area contributed by atoms with E-state index < -0.39 is 0 Å². The molecule has 3 N–H and O–H groups in total. The molecule has 0 aliphatic rings. The zero-order valence-corrected chi connectivity index (χ0v) is 11.4. The molecular formula is C14H18N2OS. The summed E-state index contributed by atoms with van der Waals surface area (Å²) >= 11 is 1.67. The van der Waals surface area contributed by atoms with Crippen molar-refractivity contribution in [3.63, 3.8) is 0 Å². The summed E-state index contributed by atoms with van der Waals surface area (Å²) < 4.78 is 5.70. The number of thiophene rings is 1. The number of ether oxygens (including phenoxy) is 1. The molecule has 0 aliphatic heterocycles. The summed E-state index contributed by atoms with van der Waals surface area (Å²) in [6.45, 7) is 4.04. The van der Waals surface area contributed by atoms with Gasteiger partial charge in [-0.15, -0.1) is 0 Å². The maximum atomic E-state index is 5.70. The zero-order chi connectivity index (χ0) is 13.0. The topological polar surface area (TPSA) is 47.3 Å². The lowest BCUT2D eigenvalue weighted by atomic mass is 10.0. The number of hydrazine groups is 1. The van der Waals surface area contributed by atoms with Crippen LogP contribution in [0, 0.1) is 0 Å². The van der Waals surface area contributed by atoms with Crippen molar-refractivity contribution in [2.45, 2.75) is 26.0 Å². The van der Waals surface area contributed by atoms with Crippen LogP contribution in [0.1, 0.15) is 31.0 Å². The highest BCUT2D eigenvalue weighted by molar-refractivity contribution is 7.08. The number of hydrogen-bond acceptors (Lipinski definition) is 4. The molecule has 2 aromatic rings. The second-order valence-electron chi connectivity index (χ2n) is 4.40. The molecule has 0 bridgehead atoms. The zero-order valence-electron chi connectivity index (χ0n) is 10.6. The van der Waals surface area contributed by atoms with Gasteiger partial charge in [-0.1, -0.05) is 12.1 Å². The summed E-state index contributed by atoms with van der Waals surface area (Å²) in [6, 6.07) is 10.1. The maximum Gasteiger partial charge on any atom is 0.120 e. The van der Waals surface area contributed by atoms with Crippen molar-refractivity contribution < 1.29 is 4.74 Å². The van der Waals surface area contributed by atoms with E-state index in [1.54, 1.807) is 11.3 Å². The van der Waals surface area contributed by atoms with Crippen LogP contribution in [-0.4, -0.2) is 6.10 Å². The quantitative estimate of drug-likeness (QED) is 0.643. The third kappa shape index (κ3) is 3.10. The van der Waals surface area contributed by atoms with Gasteiger partial charge in [0.15, 0.2) is 0 Å². The van der Waals surface area contributed by atoms with Crippen LogP contribution in [0.4, 0.5) is 0 Å². The molecule has 0 spiro atoms. The van der Waals surface area contributed by atoms with Crippen LogP contribution in [0.25, 0.3) is 0 Å². The van der Waals surface area contributed by atoms with Gasteiger partial charge in [0.05, 0.1) is 12.1 Å². The first-order valence-electron chi connectivity index (χ1n) is 5.95. The number of hydrogen-bond donors (Lipinski definition) is 2. The van der Waals surface area contributed by atoms with Crippen molar-refractivity contribution in [3.8, 4) is 5.75 Å². The largest absolute Gasteiger partial charge is 0.491 e. The Kier molecular flexibility index (Phi) is 4.36. The minimum Gasteiger partial charge on any atom is -0.491 e. The van der Waals surface area contributed by atoms with E-state index in [0.717, 1.165) is 11.3 Å².